The molecular formula is C22H30N6O5. The second kappa shape index (κ2) is 10.8. The molecule has 4 N–H and O–H groups in total. The Bertz CT molecular complexity index is 1250. The van der Waals surface area contributed by atoms with E-state index >= 15 is 0 Å². The minimum atomic E-state index is -0.759. The zero-order valence-electron chi connectivity index (χ0n) is 19.6. The van der Waals surface area contributed by atoms with Gasteiger partial charge in [0.25, 0.3) is 11.1 Å². The van der Waals surface area contributed by atoms with E-state index in [9.17, 15) is 24.4 Å². The number of aromatic amines is 2. The van der Waals surface area contributed by atoms with Crippen molar-refractivity contribution >= 4 is 17.4 Å². The number of nitrogens with one attached hydrogen (secondary N) is 2. The fourth-order valence-electron chi connectivity index (χ4n) is 3.72. The highest BCUT2D eigenvalue weighted by atomic mass is 16.5. The summed E-state index contributed by atoms with van der Waals surface area (Å²) in [5, 5.41) is 9.26. The molecule has 0 radical (unpaired) electrons. The first-order chi connectivity index (χ1) is 15.5. The first-order valence-corrected chi connectivity index (χ1v) is 10.6. The average Bonchev–Trinajstić information content (AvgIpc) is 2.72. The molecule has 2 aromatic heterocycles. The van der Waals surface area contributed by atoms with Crippen LogP contribution in [0.5, 0.6) is 0 Å². The maximum atomic E-state index is 13.2. The van der Waals surface area contributed by atoms with Gasteiger partial charge in [0, 0.05) is 32.3 Å². The van der Waals surface area contributed by atoms with E-state index in [0.717, 1.165) is 0 Å². The number of carbonyl (C=O) groups excluding carboxylic acids is 1. The number of nitrogens with zero attached hydrogens (tertiary/aromatic N) is 3. The Kier molecular flexibility index (Phi) is 8.37. The number of aryl methyl sites for hydroxylation is 1. The molecule has 0 aliphatic heterocycles. The average molecular weight is 459 g/mol. The smallest absolute Gasteiger partial charge is 0.330 e. The number of pyridine rings is 1. The minimum Gasteiger partial charge on any atom is -0.383 e. The first-order valence-electron chi connectivity index (χ1n) is 10.6. The van der Waals surface area contributed by atoms with E-state index in [1.165, 1.54) is 16.6 Å². The predicted molar refractivity (Wildman–Crippen MR) is 124 cm³/mol. The highest BCUT2D eigenvalue weighted by Crippen LogP contribution is 2.20. The number of H-pyrrole nitrogens is 2. The van der Waals surface area contributed by atoms with Gasteiger partial charge in [0.15, 0.2) is 5.69 Å². The molecule has 1 amide bonds. The standard InChI is InChI=1S/C22H30N6O5/c1-12(2)11-28-19(24)18(21(31)26-22(28)32)27(8-9-33-5)17(29)7-6-15-13(3)16(10-23)20(30)25-14(15)4/h12H,6-9,11,24H2,1-5H3,(H,25,30)(H,26,31,32). The van der Waals surface area contributed by atoms with E-state index in [-0.39, 0.29) is 55.5 Å². The van der Waals surface area contributed by atoms with Crippen molar-refractivity contribution in [2.24, 2.45) is 5.92 Å². The van der Waals surface area contributed by atoms with Gasteiger partial charge in [0.2, 0.25) is 5.91 Å². The van der Waals surface area contributed by atoms with Gasteiger partial charge in [-0.1, -0.05) is 13.8 Å². The van der Waals surface area contributed by atoms with Gasteiger partial charge in [-0.2, -0.15) is 5.26 Å². The topological polar surface area (TPSA) is 167 Å². The summed E-state index contributed by atoms with van der Waals surface area (Å²) < 4.78 is 6.34. The molecule has 0 saturated carbocycles. The molecule has 11 heteroatoms. The van der Waals surface area contributed by atoms with E-state index in [4.69, 9.17) is 10.5 Å². The lowest BCUT2D eigenvalue weighted by atomic mass is 9.99. The largest absolute Gasteiger partial charge is 0.383 e. The highest BCUT2D eigenvalue weighted by Gasteiger charge is 2.25. The molecule has 2 aromatic rings. The van der Waals surface area contributed by atoms with E-state index in [2.05, 4.69) is 9.97 Å². The summed E-state index contributed by atoms with van der Waals surface area (Å²) in [4.78, 5) is 56.2. The summed E-state index contributed by atoms with van der Waals surface area (Å²) in [7, 11) is 1.46. The van der Waals surface area contributed by atoms with E-state index < -0.39 is 22.7 Å². The molecule has 11 nitrogen and oxygen atoms in total. The van der Waals surface area contributed by atoms with Crippen LogP contribution >= 0.6 is 0 Å². The lowest BCUT2D eigenvalue weighted by Crippen LogP contribution is -2.43. The Morgan fingerprint density at radius 2 is 1.88 bits per heavy atom. The number of hydrogen-bond acceptors (Lipinski definition) is 7. The van der Waals surface area contributed by atoms with Crippen molar-refractivity contribution < 1.29 is 9.53 Å². The van der Waals surface area contributed by atoms with Crippen molar-refractivity contribution in [1.82, 2.24) is 14.5 Å². The number of carbonyl (C=O) groups is 1. The maximum Gasteiger partial charge on any atom is 0.330 e. The number of nitriles is 1. The van der Waals surface area contributed by atoms with Gasteiger partial charge < -0.3 is 20.4 Å². The van der Waals surface area contributed by atoms with Gasteiger partial charge in [-0.25, -0.2) is 4.79 Å². The number of methoxy groups -OCH3 is 1. The molecule has 2 rings (SSSR count). The van der Waals surface area contributed by atoms with Crippen LogP contribution < -0.4 is 27.4 Å². The summed E-state index contributed by atoms with van der Waals surface area (Å²) in [5.74, 6) is -0.431. The number of aromatic nitrogens is 3. The number of rotatable bonds is 9. The summed E-state index contributed by atoms with van der Waals surface area (Å²) in [6.07, 6.45) is 0.208. The quantitative estimate of drug-likeness (QED) is 0.493. The highest BCUT2D eigenvalue weighted by molar-refractivity contribution is 5.95. The molecule has 0 spiro atoms. The minimum absolute atomic E-state index is 0.000684. The fourth-order valence-corrected chi connectivity index (χ4v) is 3.72. The van der Waals surface area contributed by atoms with Crippen LogP contribution in [0.1, 0.15) is 42.7 Å². The molecule has 178 valence electrons. The van der Waals surface area contributed by atoms with Crippen LogP contribution in [0.4, 0.5) is 11.5 Å². The molecule has 0 bridgehead atoms. The van der Waals surface area contributed by atoms with E-state index in [0.29, 0.717) is 16.8 Å². The van der Waals surface area contributed by atoms with Gasteiger partial charge in [0.1, 0.15) is 17.5 Å². The zero-order chi connectivity index (χ0) is 24.9. The van der Waals surface area contributed by atoms with Gasteiger partial charge in [-0.05, 0) is 37.3 Å². The first kappa shape index (κ1) is 25.6. The van der Waals surface area contributed by atoms with Crippen LogP contribution in [0.2, 0.25) is 0 Å². The predicted octanol–water partition coefficient (Wildman–Crippen LogP) is 0.564. The third-order valence-corrected chi connectivity index (χ3v) is 5.36. The second-order valence-corrected chi connectivity index (χ2v) is 8.21. The maximum absolute atomic E-state index is 13.2. The lowest BCUT2D eigenvalue weighted by Gasteiger charge is -2.25. The molecule has 0 fully saturated rings. The number of amides is 1. The normalized spacial score (nSPS) is 10.9. The number of nitrogen functional groups attached to an aromatic ring is 1. The van der Waals surface area contributed by atoms with Crippen LogP contribution in [0.3, 0.4) is 0 Å². The third kappa shape index (κ3) is 5.59. The Morgan fingerprint density at radius 1 is 1.21 bits per heavy atom. The van der Waals surface area contributed by atoms with Crippen molar-refractivity contribution in [3.63, 3.8) is 0 Å². The molecule has 0 unspecified atom stereocenters. The van der Waals surface area contributed by atoms with Crippen molar-refractivity contribution in [1.29, 1.82) is 5.26 Å². The molecule has 2 heterocycles. The summed E-state index contributed by atoms with van der Waals surface area (Å²) in [5.41, 5.74) is 5.96. The van der Waals surface area contributed by atoms with Crippen molar-refractivity contribution in [2.75, 3.05) is 30.9 Å². The molecule has 0 aromatic carbocycles. The molecule has 0 aliphatic rings. The Hall–Kier alpha value is -3.65. The molecule has 0 atom stereocenters. The number of ether oxygens (including phenoxy) is 1. The summed E-state index contributed by atoms with van der Waals surface area (Å²) in [6.45, 7) is 7.62. The molecule has 0 saturated heterocycles. The third-order valence-electron chi connectivity index (χ3n) is 5.36. The van der Waals surface area contributed by atoms with Crippen LogP contribution in [-0.2, 0) is 22.5 Å². The summed E-state index contributed by atoms with van der Waals surface area (Å²) >= 11 is 0. The summed E-state index contributed by atoms with van der Waals surface area (Å²) in [6, 6.07) is 1.89. The van der Waals surface area contributed by atoms with Crippen LogP contribution in [0.15, 0.2) is 14.4 Å². The molecule has 33 heavy (non-hydrogen) atoms. The van der Waals surface area contributed by atoms with Crippen LogP contribution in [-0.4, -0.2) is 40.7 Å². The van der Waals surface area contributed by atoms with Crippen molar-refractivity contribution in [2.45, 2.75) is 47.1 Å². The van der Waals surface area contributed by atoms with E-state index in [1.54, 1.807) is 13.8 Å². The van der Waals surface area contributed by atoms with Crippen LogP contribution in [0.25, 0.3) is 0 Å². The van der Waals surface area contributed by atoms with Crippen molar-refractivity contribution in [3.8, 4) is 6.07 Å². The fraction of sp³-hybridized carbons (Fsp3) is 0.500. The second-order valence-electron chi connectivity index (χ2n) is 8.21. The Morgan fingerprint density at radius 3 is 2.45 bits per heavy atom. The molecular weight excluding hydrogens is 428 g/mol. The van der Waals surface area contributed by atoms with Crippen LogP contribution in [0, 0.1) is 31.1 Å². The van der Waals surface area contributed by atoms with Gasteiger partial charge in [-0.15, -0.1) is 0 Å². The SMILES string of the molecule is COCCN(C(=O)CCc1c(C)[nH]c(=O)c(C#N)c1C)c1c(N)n(CC(C)C)c(=O)[nH]c1=O. The number of anilines is 2. The van der Waals surface area contributed by atoms with E-state index in [1.807, 2.05) is 19.9 Å². The van der Waals surface area contributed by atoms with Gasteiger partial charge in [0.05, 0.1) is 6.61 Å². The Labute approximate surface area is 190 Å². The zero-order valence-corrected chi connectivity index (χ0v) is 19.6. The molecule has 0 aliphatic carbocycles. The Balaban J connectivity index is 2.46. The number of hydrogen-bond donors (Lipinski definition) is 3. The lowest BCUT2D eigenvalue weighted by molar-refractivity contribution is -0.118. The monoisotopic (exact) mass is 458 g/mol. The van der Waals surface area contributed by atoms with Gasteiger partial charge >= 0.3 is 5.69 Å². The van der Waals surface area contributed by atoms with Crippen molar-refractivity contribution in [3.05, 3.63) is 53.6 Å². The number of nitrogens with two attached hydrogens (primary N) is 1. The van der Waals surface area contributed by atoms with Gasteiger partial charge in [-0.3, -0.25) is 23.9 Å².